The van der Waals surface area contributed by atoms with E-state index in [2.05, 4.69) is 10.1 Å². The van der Waals surface area contributed by atoms with Crippen LogP contribution in [0.15, 0.2) is 18.2 Å². The van der Waals surface area contributed by atoms with Crippen molar-refractivity contribution in [3.8, 4) is 11.5 Å². The van der Waals surface area contributed by atoms with E-state index in [1.807, 2.05) is 0 Å². The molecule has 1 aromatic carbocycles. The normalized spacial score (nSPS) is 25.3. The van der Waals surface area contributed by atoms with Crippen molar-refractivity contribution in [1.82, 2.24) is 10.6 Å². The lowest BCUT2D eigenvalue weighted by Crippen LogP contribution is -2.73. The zero-order valence-corrected chi connectivity index (χ0v) is 14.5. The fraction of sp³-hybridized carbons (Fsp3) is 0.500. The molecule has 0 bridgehead atoms. The van der Waals surface area contributed by atoms with Gasteiger partial charge in [-0.1, -0.05) is 6.07 Å². The maximum absolute atomic E-state index is 13.5. The van der Waals surface area contributed by atoms with Crippen LogP contribution in [0.1, 0.15) is 25.5 Å². The number of carbonyl (C=O) groups is 2. The monoisotopic (exact) mass is 392 g/mol. The molecule has 1 fully saturated rings. The number of aliphatic hydroxyl groups is 1. The summed E-state index contributed by atoms with van der Waals surface area (Å²) in [6, 6.07) is 0.606. The lowest BCUT2D eigenvalue weighted by molar-refractivity contribution is -0.294. The Balaban J connectivity index is 2.58. The van der Waals surface area contributed by atoms with Crippen molar-refractivity contribution in [3.63, 3.8) is 0 Å². The highest BCUT2D eigenvalue weighted by molar-refractivity contribution is 5.83. The first kappa shape index (κ1) is 20.6. The van der Waals surface area contributed by atoms with Crippen LogP contribution in [-0.2, 0) is 9.53 Å². The van der Waals surface area contributed by atoms with Gasteiger partial charge >= 0.3 is 18.2 Å². The molecule has 0 saturated carbocycles. The van der Waals surface area contributed by atoms with Crippen molar-refractivity contribution < 1.29 is 42.4 Å². The molecule has 150 valence electrons. The second-order valence-electron chi connectivity index (χ2n) is 5.73. The SMILES string of the molecule is CCOC(=O)[C@@H]1[C@H](c2ccc(O)c(OCC)c2)NC(=O)N[C@]1(O)C(F)(F)F. The van der Waals surface area contributed by atoms with Crippen molar-refractivity contribution in [2.75, 3.05) is 13.2 Å². The molecule has 11 heteroatoms. The van der Waals surface area contributed by atoms with Gasteiger partial charge in [0.05, 0.1) is 19.3 Å². The topological polar surface area (TPSA) is 117 Å². The standard InChI is InChI=1S/C16H19F3N2O6/c1-3-26-10-7-8(5-6-9(10)22)12-11(13(23)27-4-2)15(25,16(17,18)19)21-14(24)20-12/h5-7,11-12,22,25H,3-4H2,1-2H3,(H2,20,21,24)/t11-,12-,15+/m0/s1. The summed E-state index contributed by atoms with van der Waals surface area (Å²) < 4.78 is 50.5. The molecule has 1 aliphatic rings. The van der Waals surface area contributed by atoms with E-state index in [0.717, 1.165) is 6.07 Å². The number of alkyl halides is 3. The summed E-state index contributed by atoms with van der Waals surface area (Å²) in [7, 11) is 0. The number of hydrogen-bond acceptors (Lipinski definition) is 6. The van der Waals surface area contributed by atoms with E-state index < -0.39 is 35.9 Å². The van der Waals surface area contributed by atoms with Crippen LogP contribution in [0.25, 0.3) is 0 Å². The third-order valence-corrected chi connectivity index (χ3v) is 3.99. The average Bonchev–Trinajstić information content (AvgIpc) is 2.55. The van der Waals surface area contributed by atoms with Crippen LogP contribution >= 0.6 is 0 Å². The maximum atomic E-state index is 13.5. The van der Waals surface area contributed by atoms with Gasteiger partial charge in [-0.25, -0.2) is 4.79 Å². The van der Waals surface area contributed by atoms with Crippen LogP contribution in [0.5, 0.6) is 11.5 Å². The van der Waals surface area contributed by atoms with Gasteiger partial charge in [-0.15, -0.1) is 0 Å². The number of amides is 2. The van der Waals surface area contributed by atoms with Gasteiger partial charge < -0.3 is 30.3 Å². The maximum Gasteiger partial charge on any atom is 0.437 e. The Kier molecular flexibility index (Phi) is 5.73. The van der Waals surface area contributed by atoms with Crippen LogP contribution < -0.4 is 15.4 Å². The van der Waals surface area contributed by atoms with E-state index in [9.17, 15) is 33.0 Å². The Bertz CT molecular complexity index is 727. The van der Waals surface area contributed by atoms with Crippen LogP contribution in [0.3, 0.4) is 0 Å². The van der Waals surface area contributed by atoms with Gasteiger partial charge in [0.15, 0.2) is 11.5 Å². The van der Waals surface area contributed by atoms with Gasteiger partial charge in [0.1, 0.15) is 5.92 Å². The molecule has 0 aliphatic carbocycles. The zero-order valence-electron chi connectivity index (χ0n) is 14.5. The molecule has 2 amide bonds. The van der Waals surface area contributed by atoms with Crippen LogP contribution in [0, 0.1) is 5.92 Å². The highest BCUT2D eigenvalue weighted by Crippen LogP contribution is 2.44. The molecule has 8 nitrogen and oxygen atoms in total. The third-order valence-electron chi connectivity index (χ3n) is 3.99. The molecule has 0 unspecified atom stereocenters. The van der Waals surface area contributed by atoms with Gasteiger partial charge in [0, 0.05) is 0 Å². The highest BCUT2D eigenvalue weighted by atomic mass is 19.4. The van der Waals surface area contributed by atoms with Crippen molar-refractivity contribution in [3.05, 3.63) is 23.8 Å². The smallest absolute Gasteiger partial charge is 0.437 e. The lowest BCUT2D eigenvalue weighted by Gasteiger charge is -2.44. The van der Waals surface area contributed by atoms with Gasteiger partial charge in [-0.2, -0.15) is 13.2 Å². The Hall–Kier alpha value is -2.69. The summed E-state index contributed by atoms with van der Waals surface area (Å²) in [6.07, 6.45) is -5.36. The summed E-state index contributed by atoms with van der Waals surface area (Å²) >= 11 is 0. The molecule has 3 atom stereocenters. The van der Waals surface area contributed by atoms with Gasteiger partial charge in [0.25, 0.3) is 5.72 Å². The average molecular weight is 392 g/mol. The van der Waals surface area contributed by atoms with Crippen LogP contribution in [0.2, 0.25) is 0 Å². The number of nitrogens with one attached hydrogen (secondary N) is 2. The van der Waals surface area contributed by atoms with Crippen molar-refractivity contribution in [1.29, 1.82) is 0 Å². The van der Waals surface area contributed by atoms with E-state index in [1.54, 1.807) is 6.92 Å². The largest absolute Gasteiger partial charge is 0.504 e. The minimum Gasteiger partial charge on any atom is -0.504 e. The van der Waals surface area contributed by atoms with E-state index >= 15 is 0 Å². The number of phenols is 1. The Morgan fingerprint density at radius 2 is 1.96 bits per heavy atom. The van der Waals surface area contributed by atoms with E-state index in [4.69, 9.17) is 4.74 Å². The first-order chi connectivity index (χ1) is 12.5. The van der Waals surface area contributed by atoms with Gasteiger partial charge in [-0.05, 0) is 31.5 Å². The Labute approximate surface area is 152 Å². The first-order valence-electron chi connectivity index (χ1n) is 8.05. The number of esters is 1. The Morgan fingerprint density at radius 1 is 1.30 bits per heavy atom. The molecule has 0 radical (unpaired) electrons. The number of urea groups is 1. The van der Waals surface area contributed by atoms with Gasteiger partial charge in [-0.3, -0.25) is 4.79 Å². The molecule has 2 rings (SSSR count). The van der Waals surface area contributed by atoms with Crippen LogP contribution in [-0.4, -0.2) is 47.3 Å². The molecule has 1 aliphatic heterocycles. The van der Waals surface area contributed by atoms with E-state index in [-0.39, 0.29) is 30.3 Å². The van der Waals surface area contributed by atoms with Crippen molar-refractivity contribution in [2.24, 2.45) is 5.92 Å². The number of carbonyl (C=O) groups excluding carboxylic acids is 2. The zero-order chi connectivity index (χ0) is 20.4. The molecule has 27 heavy (non-hydrogen) atoms. The van der Waals surface area contributed by atoms with Gasteiger partial charge in [0.2, 0.25) is 0 Å². The molecule has 1 saturated heterocycles. The molecule has 1 aromatic rings. The molecular formula is C16H19F3N2O6. The molecule has 1 heterocycles. The number of benzene rings is 1. The minimum atomic E-state index is -5.36. The predicted molar refractivity (Wildman–Crippen MR) is 84.8 cm³/mol. The number of phenolic OH excluding ortho intramolecular Hbond substituents is 1. The second kappa shape index (κ2) is 7.51. The van der Waals surface area contributed by atoms with Crippen molar-refractivity contribution in [2.45, 2.75) is 31.8 Å². The predicted octanol–water partition coefficient (Wildman–Crippen LogP) is 1.57. The van der Waals surface area contributed by atoms with E-state index in [0.29, 0.717) is 0 Å². The first-order valence-corrected chi connectivity index (χ1v) is 8.05. The second-order valence-corrected chi connectivity index (χ2v) is 5.73. The Morgan fingerprint density at radius 3 is 2.52 bits per heavy atom. The number of ether oxygens (including phenoxy) is 2. The number of halogens is 3. The highest BCUT2D eigenvalue weighted by Gasteiger charge is 2.67. The number of rotatable bonds is 5. The quantitative estimate of drug-likeness (QED) is 0.565. The molecule has 0 spiro atoms. The fourth-order valence-electron chi connectivity index (χ4n) is 2.81. The fourth-order valence-corrected chi connectivity index (χ4v) is 2.81. The number of hydrogen-bond donors (Lipinski definition) is 4. The summed E-state index contributed by atoms with van der Waals surface area (Å²) in [5, 5.41) is 23.5. The van der Waals surface area contributed by atoms with Crippen LogP contribution in [0.4, 0.5) is 18.0 Å². The molecule has 0 aromatic heterocycles. The third kappa shape index (κ3) is 3.87. The molecular weight excluding hydrogens is 373 g/mol. The summed E-state index contributed by atoms with van der Waals surface area (Å²) in [6.45, 7) is 2.94. The summed E-state index contributed by atoms with van der Waals surface area (Å²) in [5.74, 6) is -3.93. The van der Waals surface area contributed by atoms with Crippen molar-refractivity contribution >= 4 is 12.0 Å². The molecule has 4 N–H and O–H groups in total. The van der Waals surface area contributed by atoms with E-state index in [1.165, 1.54) is 24.4 Å². The summed E-state index contributed by atoms with van der Waals surface area (Å²) in [5.41, 5.74) is -3.84. The summed E-state index contributed by atoms with van der Waals surface area (Å²) in [4.78, 5) is 24.1. The lowest BCUT2D eigenvalue weighted by atomic mass is 9.82. The number of aromatic hydroxyl groups is 1. The minimum absolute atomic E-state index is 0.00632.